The average Bonchev–Trinajstić information content (AvgIpc) is 2.16. The van der Waals surface area contributed by atoms with Crippen molar-refractivity contribution in [1.29, 1.82) is 0 Å². The molecule has 0 aliphatic carbocycles. The van der Waals surface area contributed by atoms with Crippen molar-refractivity contribution in [3.8, 4) is 0 Å². The first kappa shape index (κ1) is 11.9. The zero-order valence-corrected chi connectivity index (χ0v) is 8.27. The SMILES string of the molecule is NC(N)=NC(N)=Nc1ccccc1C(F)F. The summed E-state index contributed by atoms with van der Waals surface area (Å²) in [6, 6.07) is 5.70. The lowest BCUT2D eigenvalue weighted by Crippen LogP contribution is -2.26. The Kier molecular flexibility index (Phi) is 3.76. The van der Waals surface area contributed by atoms with Gasteiger partial charge in [-0.3, -0.25) is 0 Å². The summed E-state index contributed by atoms with van der Waals surface area (Å²) in [5, 5.41) is 0. The van der Waals surface area contributed by atoms with Gasteiger partial charge in [0, 0.05) is 5.56 Å². The second kappa shape index (κ2) is 5.06. The molecule has 86 valence electrons. The van der Waals surface area contributed by atoms with E-state index >= 15 is 0 Å². The Bertz CT molecular complexity index is 424. The molecule has 1 rings (SSSR count). The van der Waals surface area contributed by atoms with Crippen molar-refractivity contribution in [1.82, 2.24) is 0 Å². The van der Waals surface area contributed by atoms with Crippen molar-refractivity contribution in [2.45, 2.75) is 6.43 Å². The summed E-state index contributed by atoms with van der Waals surface area (Å²) < 4.78 is 25.1. The molecule has 0 bridgehead atoms. The number of alkyl halides is 2. The summed E-state index contributed by atoms with van der Waals surface area (Å²) >= 11 is 0. The summed E-state index contributed by atoms with van der Waals surface area (Å²) in [7, 11) is 0. The monoisotopic (exact) mass is 227 g/mol. The molecule has 0 unspecified atom stereocenters. The predicted octanol–water partition coefficient (Wildman–Crippen LogP) is 0.844. The van der Waals surface area contributed by atoms with Gasteiger partial charge in [0.15, 0.2) is 5.96 Å². The van der Waals surface area contributed by atoms with E-state index < -0.39 is 6.43 Å². The summed E-state index contributed by atoms with van der Waals surface area (Å²) in [4.78, 5) is 7.12. The van der Waals surface area contributed by atoms with Crippen LogP contribution < -0.4 is 17.2 Å². The van der Waals surface area contributed by atoms with Crippen LogP contribution in [0, 0.1) is 0 Å². The Balaban J connectivity index is 3.10. The van der Waals surface area contributed by atoms with E-state index in [9.17, 15) is 8.78 Å². The maximum Gasteiger partial charge on any atom is 0.265 e. The zero-order chi connectivity index (χ0) is 12.1. The smallest absolute Gasteiger partial charge is 0.265 e. The highest BCUT2D eigenvalue weighted by molar-refractivity contribution is 5.93. The van der Waals surface area contributed by atoms with Crippen LogP contribution in [0.1, 0.15) is 12.0 Å². The Labute approximate surface area is 90.7 Å². The van der Waals surface area contributed by atoms with E-state index in [1.54, 1.807) is 6.07 Å². The van der Waals surface area contributed by atoms with Crippen molar-refractivity contribution in [3.63, 3.8) is 0 Å². The molecule has 0 atom stereocenters. The zero-order valence-electron chi connectivity index (χ0n) is 8.27. The Morgan fingerprint density at radius 1 is 1.12 bits per heavy atom. The second-order valence-electron chi connectivity index (χ2n) is 2.87. The summed E-state index contributed by atoms with van der Waals surface area (Å²) in [6.07, 6.45) is -2.63. The Morgan fingerprint density at radius 3 is 2.31 bits per heavy atom. The first-order chi connectivity index (χ1) is 7.50. The van der Waals surface area contributed by atoms with Crippen LogP contribution in [0.2, 0.25) is 0 Å². The van der Waals surface area contributed by atoms with Crippen LogP contribution in [0.3, 0.4) is 0 Å². The number of para-hydroxylation sites is 1. The van der Waals surface area contributed by atoms with Gasteiger partial charge in [-0.05, 0) is 6.07 Å². The topological polar surface area (TPSA) is 103 Å². The fraction of sp³-hybridized carbons (Fsp3) is 0.111. The molecule has 0 aliphatic heterocycles. The molecule has 1 aromatic carbocycles. The van der Waals surface area contributed by atoms with Crippen molar-refractivity contribution < 1.29 is 8.78 Å². The Morgan fingerprint density at radius 2 is 1.75 bits per heavy atom. The largest absolute Gasteiger partial charge is 0.370 e. The quantitative estimate of drug-likeness (QED) is 0.515. The summed E-state index contributed by atoms with van der Waals surface area (Å²) in [6.45, 7) is 0. The second-order valence-corrected chi connectivity index (χ2v) is 2.87. The molecule has 0 fully saturated rings. The van der Waals surface area contributed by atoms with Crippen LogP contribution in [0.5, 0.6) is 0 Å². The van der Waals surface area contributed by atoms with Gasteiger partial charge < -0.3 is 17.2 Å². The van der Waals surface area contributed by atoms with Crippen LogP contribution in [-0.2, 0) is 0 Å². The maximum absolute atomic E-state index is 12.5. The van der Waals surface area contributed by atoms with Crippen LogP contribution in [0.4, 0.5) is 14.5 Å². The van der Waals surface area contributed by atoms with Crippen LogP contribution in [0.25, 0.3) is 0 Å². The molecular weight excluding hydrogens is 216 g/mol. The molecule has 0 spiro atoms. The maximum atomic E-state index is 12.5. The van der Waals surface area contributed by atoms with Crippen LogP contribution in [0.15, 0.2) is 34.3 Å². The molecule has 5 nitrogen and oxygen atoms in total. The molecule has 0 saturated heterocycles. The van der Waals surface area contributed by atoms with E-state index in [-0.39, 0.29) is 23.2 Å². The molecule has 0 aromatic heterocycles. The van der Waals surface area contributed by atoms with E-state index in [1.807, 2.05) is 0 Å². The van der Waals surface area contributed by atoms with Gasteiger partial charge in [0.2, 0.25) is 5.96 Å². The third-order valence-electron chi connectivity index (χ3n) is 1.65. The highest BCUT2D eigenvalue weighted by atomic mass is 19.3. The molecule has 0 aliphatic rings. The minimum atomic E-state index is -2.63. The number of rotatable bonds is 2. The van der Waals surface area contributed by atoms with Crippen LogP contribution in [-0.4, -0.2) is 11.9 Å². The van der Waals surface area contributed by atoms with Gasteiger partial charge in [0.05, 0.1) is 5.69 Å². The number of hydrogen-bond donors (Lipinski definition) is 3. The first-order valence-electron chi connectivity index (χ1n) is 4.31. The molecule has 6 N–H and O–H groups in total. The number of nitrogens with zero attached hydrogens (tertiary/aromatic N) is 2. The molecule has 1 aromatic rings. The third kappa shape index (κ3) is 3.19. The van der Waals surface area contributed by atoms with Gasteiger partial charge in [-0.2, -0.15) is 4.99 Å². The lowest BCUT2D eigenvalue weighted by atomic mass is 10.2. The molecule has 0 saturated carbocycles. The van der Waals surface area contributed by atoms with Gasteiger partial charge in [-0.25, -0.2) is 13.8 Å². The molecule has 16 heavy (non-hydrogen) atoms. The van der Waals surface area contributed by atoms with E-state index in [0.717, 1.165) is 0 Å². The number of nitrogens with two attached hydrogens (primary N) is 3. The van der Waals surface area contributed by atoms with Crippen molar-refractivity contribution in [2.75, 3.05) is 0 Å². The normalized spacial score (nSPS) is 11.6. The van der Waals surface area contributed by atoms with E-state index in [4.69, 9.17) is 17.2 Å². The standard InChI is InChI=1S/C9H11F2N5/c10-7(11)5-3-1-2-4-6(5)15-9(14)16-8(12)13/h1-4,7H,(H6,12,13,14,15,16). The fourth-order valence-corrected chi connectivity index (χ4v) is 1.05. The third-order valence-corrected chi connectivity index (χ3v) is 1.65. The number of aliphatic imine (C=N–C) groups is 2. The molecule has 0 heterocycles. The molecule has 0 amide bonds. The van der Waals surface area contributed by atoms with Gasteiger partial charge in [-0.15, -0.1) is 0 Å². The lowest BCUT2D eigenvalue weighted by molar-refractivity contribution is 0.152. The van der Waals surface area contributed by atoms with E-state index in [2.05, 4.69) is 9.98 Å². The molecular formula is C9H11F2N5. The summed E-state index contributed by atoms with van der Waals surface area (Å²) in [5.74, 6) is -0.552. The average molecular weight is 227 g/mol. The van der Waals surface area contributed by atoms with Gasteiger partial charge in [0.1, 0.15) is 0 Å². The molecule has 7 heteroatoms. The van der Waals surface area contributed by atoms with Gasteiger partial charge in [-0.1, -0.05) is 18.2 Å². The van der Waals surface area contributed by atoms with E-state index in [0.29, 0.717) is 0 Å². The predicted molar refractivity (Wildman–Crippen MR) is 58.5 cm³/mol. The minimum absolute atomic E-state index is 0.0417. The summed E-state index contributed by atoms with van der Waals surface area (Å²) in [5.41, 5.74) is 15.3. The van der Waals surface area contributed by atoms with Gasteiger partial charge >= 0.3 is 0 Å². The number of guanidine groups is 2. The number of benzene rings is 1. The van der Waals surface area contributed by atoms with Crippen molar-refractivity contribution in [3.05, 3.63) is 29.8 Å². The highest BCUT2D eigenvalue weighted by Gasteiger charge is 2.11. The van der Waals surface area contributed by atoms with Crippen molar-refractivity contribution in [2.24, 2.45) is 27.2 Å². The minimum Gasteiger partial charge on any atom is -0.370 e. The Hall–Kier alpha value is -2.18. The van der Waals surface area contributed by atoms with Gasteiger partial charge in [0.25, 0.3) is 6.43 Å². The first-order valence-corrected chi connectivity index (χ1v) is 4.31. The molecule has 0 radical (unpaired) electrons. The fourth-order valence-electron chi connectivity index (χ4n) is 1.05. The number of halogens is 2. The lowest BCUT2D eigenvalue weighted by Gasteiger charge is -2.03. The highest BCUT2D eigenvalue weighted by Crippen LogP contribution is 2.28. The van der Waals surface area contributed by atoms with E-state index in [1.165, 1.54) is 18.2 Å². The van der Waals surface area contributed by atoms with Crippen molar-refractivity contribution >= 4 is 17.6 Å². The van der Waals surface area contributed by atoms with Crippen LogP contribution >= 0.6 is 0 Å². The number of hydrogen-bond acceptors (Lipinski definition) is 1.